The minimum absolute atomic E-state index is 0.278. The second kappa shape index (κ2) is 6.60. The van der Waals surface area contributed by atoms with Gasteiger partial charge in [0.05, 0.1) is 0 Å². The molecule has 0 aromatic carbocycles. The number of aliphatic carboxylic acids is 1. The van der Waals surface area contributed by atoms with Crippen LogP contribution >= 0.6 is 0 Å². The van der Waals surface area contributed by atoms with Crippen molar-refractivity contribution in [3.8, 4) is 0 Å². The van der Waals surface area contributed by atoms with Crippen LogP contribution in [0, 0.1) is 0 Å². The molecule has 0 aliphatic rings. The molecule has 0 spiro atoms. The van der Waals surface area contributed by atoms with Crippen molar-refractivity contribution >= 4 is 23.8 Å². The summed E-state index contributed by atoms with van der Waals surface area (Å²) in [6, 6.07) is 0. The van der Waals surface area contributed by atoms with Gasteiger partial charge in [0.1, 0.15) is 0 Å². The molecule has 0 saturated heterocycles. The molecule has 0 aliphatic carbocycles. The number of hydrogen-bond donors (Lipinski definition) is 1. The van der Waals surface area contributed by atoms with Crippen molar-refractivity contribution in [3.63, 3.8) is 0 Å². The first-order chi connectivity index (χ1) is 4.91. The van der Waals surface area contributed by atoms with Crippen molar-refractivity contribution < 1.29 is 24.3 Å². The molecular weight excluding hydrogens is 152 g/mol. The monoisotopic (exact) mass is 160 g/mol. The minimum atomic E-state index is -1.38. The highest BCUT2D eigenvalue weighted by molar-refractivity contribution is 6.31. The van der Waals surface area contributed by atoms with Gasteiger partial charge in [0.15, 0.2) is 12.1 Å². The zero-order valence-corrected chi connectivity index (χ0v) is 6.16. The summed E-state index contributed by atoms with van der Waals surface area (Å²) in [7, 11) is 0. The Balaban J connectivity index is 0. The van der Waals surface area contributed by atoms with E-state index in [1.165, 1.54) is 6.92 Å². The normalized spacial score (nSPS) is 7.09. The number of carbonyl (C=O) groups excluding carboxylic acids is 3. The van der Waals surface area contributed by atoms with Crippen molar-refractivity contribution in [2.24, 2.45) is 0 Å². The van der Waals surface area contributed by atoms with Crippen LogP contribution in [0.15, 0.2) is 0 Å². The molecule has 0 aromatic rings. The smallest absolute Gasteiger partial charge is 0.371 e. The Morgan fingerprint density at radius 1 is 1.18 bits per heavy atom. The summed E-state index contributed by atoms with van der Waals surface area (Å²) >= 11 is 0. The Bertz CT molecular complexity index is 169. The molecule has 0 bridgehead atoms. The lowest BCUT2D eigenvalue weighted by atomic mass is 10.5. The van der Waals surface area contributed by atoms with Gasteiger partial charge in [-0.3, -0.25) is 14.4 Å². The molecule has 0 aliphatic heterocycles. The van der Waals surface area contributed by atoms with Crippen molar-refractivity contribution in [3.05, 3.63) is 0 Å². The van der Waals surface area contributed by atoms with E-state index < -0.39 is 17.5 Å². The highest BCUT2D eigenvalue weighted by atomic mass is 16.4. The molecule has 11 heavy (non-hydrogen) atoms. The predicted molar refractivity (Wildman–Crippen MR) is 35.1 cm³/mol. The summed E-state index contributed by atoms with van der Waals surface area (Å²) in [6.45, 7) is 2.22. The molecule has 5 heteroatoms. The summed E-state index contributed by atoms with van der Waals surface area (Å²) in [5.41, 5.74) is 0. The lowest BCUT2D eigenvalue weighted by Gasteiger charge is -1.73. The molecule has 0 fully saturated rings. The van der Waals surface area contributed by atoms with Gasteiger partial charge < -0.3 is 5.11 Å². The van der Waals surface area contributed by atoms with Gasteiger partial charge in [0.2, 0.25) is 5.78 Å². The average Bonchev–Trinajstić information content (AvgIpc) is 1.89. The molecule has 0 heterocycles. The second-order valence-corrected chi connectivity index (χ2v) is 1.59. The van der Waals surface area contributed by atoms with Gasteiger partial charge in [0.25, 0.3) is 0 Å². The number of rotatable bonds is 2. The van der Waals surface area contributed by atoms with Crippen molar-refractivity contribution in [2.75, 3.05) is 0 Å². The van der Waals surface area contributed by atoms with Gasteiger partial charge in [-0.05, 0) is 0 Å². The summed E-state index contributed by atoms with van der Waals surface area (Å²) in [5.74, 6) is -2.63. The van der Waals surface area contributed by atoms with Crippen LogP contribution in [0.2, 0.25) is 0 Å². The van der Waals surface area contributed by atoms with Crippen molar-refractivity contribution in [1.82, 2.24) is 0 Å². The fourth-order valence-corrected chi connectivity index (χ4v) is 0. The summed E-state index contributed by atoms with van der Waals surface area (Å²) < 4.78 is 0. The van der Waals surface area contributed by atoms with Gasteiger partial charge in [-0.15, -0.1) is 0 Å². The molecule has 0 saturated carbocycles. The number of carboxylic acid groups (broad SMARTS) is 1. The SMILES string of the molecule is CC(=O)C(=O)O.CC(=O)C=O. The Morgan fingerprint density at radius 2 is 1.36 bits per heavy atom. The van der Waals surface area contributed by atoms with Gasteiger partial charge in [-0.1, -0.05) is 0 Å². The second-order valence-electron chi connectivity index (χ2n) is 1.59. The maximum atomic E-state index is 9.54. The van der Waals surface area contributed by atoms with Crippen LogP contribution in [0.3, 0.4) is 0 Å². The van der Waals surface area contributed by atoms with Gasteiger partial charge in [-0.2, -0.15) is 0 Å². The van der Waals surface area contributed by atoms with Gasteiger partial charge in [-0.25, -0.2) is 4.79 Å². The molecule has 62 valence electrons. The average molecular weight is 160 g/mol. The minimum Gasteiger partial charge on any atom is -0.476 e. The highest BCUT2D eigenvalue weighted by Gasteiger charge is 1.98. The maximum Gasteiger partial charge on any atom is 0.371 e. The van der Waals surface area contributed by atoms with Crippen molar-refractivity contribution in [1.29, 1.82) is 0 Å². The largest absolute Gasteiger partial charge is 0.476 e. The highest BCUT2D eigenvalue weighted by Crippen LogP contribution is 1.61. The third-order valence-electron chi connectivity index (χ3n) is 0.467. The first-order valence-electron chi connectivity index (χ1n) is 2.61. The fraction of sp³-hybridized carbons (Fsp3) is 0.333. The van der Waals surface area contributed by atoms with E-state index in [1.54, 1.807) is 0 Å². The Labute approximate surface area is 63.0 Å². The Morgan fingerprint density at radius 3 is 1.36 bits per heavy atom. The van der Waals surface area contributed by atoms with E-state index in [0.717, 1.165) is 6.92 Å². The molecule has 0 rings (SSSR count). The topological polar surface area (TPSA) is 88.5 Å². The third-order valence-corrected chi connectivity index (χ3v) is 0.467. The Kier molecular flexibility index (Phi) is 7.31. The standard InChI is InChI=1S/C3H4O3.C3H4O2/c1-2(4)3(5)6;1-3(5)2-4/h1H3,(H,5,6);2H,1H3. The first-order valence-corrected chi connectivity index (χ1v) is 2.61. The number of carboxylic acids is 1. The molecule has 0 aromatic heterocycles. The predicted octanol–water partition coefficient (Wildman–Crippen LogP) is -0.566. The molecule has 5 nitrogen and oxygen atoms in total. The number of ketones is 2. The molecule has 1 N–H and O–H groups in total. The molecule has 0 radical (unpaired) electrons. The van der Waals surface area contributed by atoms with E-state index in [0.29, 0.717) is 0 Å². The Hall–Kier alpha value is -1.52. The molecule has 0 atom stereocenters. The van der Waals surface area contributed by atoms with E-state index in [-0.39, 0.29) is 6.29 Å². The number of aldehydes is 1. The number of Topliss-reactive ketones (excluding diaryl/α,β-unsaturated/α-hetero) is 2. The molecular formula is C6H8O5. The van der Waals surface area contributed by atoms with Crippen LogP contribution in [-0.2, 0) is 19.2 Å². The quantitative estimate of drug-likeness (QED) is 0.431. The third kappa shape index (κ3) is 17.7. The summed E-state index contributed by atoms with van der Waals surface area (Å²) in [4.78, 5) is 37.5. The van der Waals surface area contributed by atoms with Crippen LogP contribution in [0.25, 0.3) is 0 Å². The zero-order chi connectivity index (χ0) is 9.44. The maximum absolute atomic E-state index is 9.54. The number of hydrogen-bond acceptors (Lipinski definition) is 4. The van der Waals surface area contributed by atoms with E-state index in [2.05, 4.69) is 0 Å². The lowest BCUT2D eigenvalue weighted by molar-refractivity contribution is -0.148. The van der Waals surface area contributed by atoms with Gasteiger partial charge >= 0.3 is 5.97 Å². The molecule has 0 amide bonds. The van der Waals surface area contributed by atoms with Gasteiger partial charge in [0, 0.05) is 13.8 Å². The summed E-state index contributed by atoms with van der Waals surface area (Å²) in [5, 5.41) is 7.64. The van der Waals surface area contributed by atoms with Crippen LogP contribution < -0.4 is 0 Å². The first kappa shape index (κ1) is 12.2. The van der Waals surface area contributed by atoms with E-state index in [4.69, 9.17) is 9.90 Å². The van der Waals surface area contributed by atoms with Crippen molar-refractivity contribution in [2.45, 2.75) is 13.8 Å². The van der Waals surface area contributed by atoms with Crippen LogP contribution in [0.5, 0.6) is 0 Å². The van der Waals surface area contributed by atoms with Crippen LogP contribution in [-0.4, -0.2) is 28.9 Å². The number of carbonyl (C=O) groups is 4. The van der Waals surface area contributed by atoms with E-state index in [1.807, 2.05) is 0 Å². The van der Waals surface area contributed by atoms with E-state index >= 15 is 0 Å². The van der Waals surface area contributed by atoms with Crippen LogP contribution in [0.1, 0.15) is 13.8 Å². The van der Waals surface area contributed by atoms with E-state index in [9.17, 15) is 14.4 Å². The fourth-order valence-electron chi connectivity index (χ4n) is 0. The van der Waals surface area contributed by atoms with Crippen LogP contribution in [0.4, 0.5) is 0 Å². The zero-order valence-electron chi connectivity index (χ0n) is 6.16. The summed E-state index contributed by atoms with van der Waals surface area (Å²) in [6.07, 6.45) is 0.278. The molecule has 0 unspecified atom stereocenters. The lowest BCUT2D eigenvalue weighted by Crippen LogP contribution is -2.05.